The van der Waals surface area contributed by atoms with E-state index in [-0.39, 0.29) is 11.5 Å². The molecule has 1 aromatic rings. The van der Waals surface area contributed by atoms with Crippen LogP contribution in [0.3, 0.4) is 0 Å². The minimum atomic E-state index is -0.0472. The summed E-state index contributed by atoms with van der Waals surface area (Å²) in [6.07, 6.45) is -0.0472. The van der Waals surface area contributed by atoms with Crippen LogP contribution in [0.2, 0.25) is 0 Å². The summed E-state index contributed by atoms with van der Waals surface area (Å²) in [5.41, 5.74) is 1.13. The summed E-state index contributed by atoms with van der Waals surface area (Å²) < 4.78 is 6.13. The molecule has 0 saturated heterocycles. The Kier molecular flexibility index (Phi) is 4.21. The van der Waals surface area contributed by atoms with Gasteiger partial charge in [-0.25, -0.2) is 4.98 Å². The van der Waals surface area contributed by atoms with Crippen LogP contribution < -0.4 is 0 Å². The lowest BCUT2D eigenvalue weighted by Gasteiger charge is -2.21. The Morgan fingerprint density at radius 3 is 2.62 bits per heavy atom. The topological polar surface area (TPSA) is 37.9 Å². The minimum Gasteiger partial charge on any atom is -0.371 e. The Morgan fingerprint density at radius 1 is 1.50 bits per heavy atom. The smallest absolute Gasteiger partial charge is 0.136 e. The normalized spacial score (nSPS) is 13.8. The fourth-order valence-electron chi connectivity index (χ4n) is 1.40. The number of nitrogens with zero attached hydrogens (tertiary/aromatic N) is 1. The third kappa shape index (κ3) is 3.39. The van der Waals surface area contributed by atoms with Crippen molar-refractivity contribution in [3.05, 3.63) is 22.2 Å². The summed E-state index contributed by atoms with van der Waals surface area (Å²) in [6, 6.07) is 1.91. The van der Waals surface area contributed by atoms with Gasteiger partial charge in [-0.05, 0) is 19.9 Å². The highest BCUT2D eigenvalue weighted by molar-refractivity contribution is 7.71. The molecule has 90 valence electrons. The maximum absolute atomic E-state index is 5.51. The first kappa shape index (κ1) is 13.3. The molecule has 1 unspecified atom stereocenters. The maximum Gasteiger partial charge on any atom is 0.136 e. The Bertz CT molecular complexity index is 406. The molecule has 4 heteroatoms. The van der Waals surface area contributed by atoms with Crippen LogP contribution in [0.25, 0.3) is 0 Å². The van der Waals surface area contributed by atoms with Crippen LogP contribution >= 0.6 is 12.2 Å². The van der Waals surface area contributed by atoms with Crippen molar-refractivity contribution in [3.63, 3.8) is 0 Å². The summed E-state index contributed by atoms with van der Waals surface area (Å²) >= 11 is 5.17. The van der Waals surface area contributed by atoms with E-state index in [0.717, 1.165) is 11.5 Å². The molecule has 0 bridgehead atoms. The van der Waals surface area contributed by atoms with Crippen molar-refractivity contribution >= 4 is 12.2 Å². The van der Waals surface area contributed by atoms with E-state index in [1.807, 2.05) is 19.9 Å². The number of H-pyrrole nitrogens is 1. The van der Waals surface area contributed by atoms with E-state index in [2.05, 4.69) is 30.7 Å². The lowest BCUT2D eigenvalue weighted by molar-refractivity contribution is 0.0696. The Morgan fingerprint density at radius 2 is 2.12 bits per heavy atom. The molecule has 1 aromatic heterocycles. The quantitative estimate of drug-likeness (QED) is 0.821. The molecule has 0 radical (unpaired) electrons. The molecular weight excluding hydrogens is 220 g/mol. The van der Waals surface area contributed by atoms with Gasteiger partial charge in [0.1, 0.15) is 16.6 Å². The maximum atomic E-state index is 5.51. The van der Waals surface area contributed by atoms with Crippen LogP contribution in [0, 0.1) is 4.64 Å². The van der Waals surface area contributed by atoms with Gasteiger partial charge >= 0.3 is 0 Å². The first-order valence-corrected chi connectivity index (χ1v) is 5.98. The molecule has 0 aromatic carbocycles. The number of rotatable bonds is 3. The first-order valence-electron chi connectivity index (χ1n) is 5.58. The van der Waals surface area contributed by atoms with E-state index >= 15 is 0 Å². The van der Waals surface area contributed by atoms with Crippen LogP contribution in [-0.4, -0.2) is 16.6 Å². The minimum absolute atomic E-state index is 0.0389. The van der Waals surface area contributed by atoms with Gasteiger partial charge in [0.05, 0.1) is 0 Å². The van der Waals surface area contributed by atoms with Gasteiger partial charge in [-0.1, -0.05) is 33.0 Å². The van der Waals surface area contributed by atoms with E-state index in [1.165, 1.54) is 0 Å². The van der Waals surface area contributed by atoms with E-state index < -0.39 is 0 Å². The monoisotopic (exact) mass is 240 g/mol. The summed E-state index contributed by atoms with van der Waals surface area (Å²) in [6.45, 7) is 11.0. The zero-order chi connectivity index (χ0) is 12.3. The summed E-state index contributed by atoms with van der Waals surface area (Å²) in [7, 11) is 0. The molecule has 0 spiro atoms. The number of hydrogen-bond donors (Lipinski definition) is 1. The van der Waals surface area contributed by atoms with E-state index in [9.17, 15) is 0 Å². The van der Waals surface area contributed by atoms with Gasteiger partial charge in [0, 0.05) is 17.7 Å². The van der Waals surface area contributed by atoms with E-state index in [1.54, 1.807) is 0 Å². The second kappa shape index (κ2) is 5.06. The molecule has 3 nitrogen and oxygen atoms in total. The molecule has 0 fully saturated rings. The molecular formula is C12H20N2OS. The molecule has 1 N–H and O–H groups in total. The number of aromatic amines is 1. The van der Waals surface area contributed by atoms with Crippen molar-refractivity contribution in [2.24, 2.45) is 0 Å². The number of nitrogens with one attached hydrogen (secondary N) is 1. The molecule has 1 heterocycles. The average Bonchev–Trinajstić information content (AvgIpc) is 2.16. The van der Waals surface area contributed by atoms with Gasteiger partial charge in [0.15, 0.2) is 0 Å². The summed E-state index contributed by atoms with van der Waals surface area (Å²) in [4.78, 5) is 7.61. The van der Waals surface area contributed by atoms with Crippen molar-refractivity contribution in [3.8, 4) is 0 Å². The molecule has 0 aliphatic heterocycles. The van der Waals surface area contributed by atoms with Gasteiger partial charge in [-0.3, -0.25) is 0 Å². The molecule has 0 aliphatic carbocycles. The SMILES string of the molecule is CCOC(C)c1nc(=S)cc(C(C)(C)C)[nH]1. The van der Waals surface area contributed by atoms with Gasteiger partial charge in [0.25, 0.3) is 0 Å². The predicted octanol–water partition coefficient (Wildman–Crippen LogP) is 3.53. The Hall–Kier alpha value is -0.740. The van der Waals surface area contributed by atoms with Crippen molar-refractivity contribution in [1.82, 2.24) is 9.97 Å². The van der Waals surface area contributed by atoms with Crippen molar-refractivity contribution in [1.29, 1.82) is 0 Å². The highest BCUT2D eigenvalue weighted by Crippen LogP contribution is 2.22. The number of hydrogen-bond acceptors (Lipinski definition) is 3. The highest BCUT2D eigenvalue weighted by atomic mass is 32.1. The fourth-order valence-corrected chi connectivity index (χ4v) is 1.62. The van der Waals surface area contributed by atoms with Crippen LogP contribution in [0.4, 0.5) is 0 Å². The van der Waals surface area contributed by atoms with Crippen LogP contribution in [0.15, 0.2) is 6.07 Å². The van der Waals surface area contributed by atoms with Crippen molar-refractivity contribution in [2.75, 3.05) is 6.61 Å². The zero-order valence-corrected chi connectivity index (χ0v) is 11.4. The Balaban J connectivity index is 3.13. The second-order valence-corrected chi connectivity index (χ2v) is 5.28. The largest absolute Gasteiger partial charge is 0.371 e. The van der Waals surface area contributed by atoms with Crippen molar-refractivity contribution < 1.29 is 4.74 Å². The third-order valence-corrected chi connectivity index (χ3v) is 2.58. The van der Waals surface area contributed by atoms with Crippen LogP contribution in [-0.2, 0) is 10.2 Å². The highest BCUT2D eigenvalue weighted by Gasteiger charge is 2.17. The van der Waals surface area contributed by atoms with Crippen molar-refractivity contribution in [2.45, 2.75) is 46.1 Å². The second-order valence-electron chi connectivity index (χ2n) is 4.87. The molecule has 16 heavy (non-hydrogen) atoms. The van der Waals surface area contributed by atoms with Gasteiger partial charge in [-0.15, -0.1) is 0 Å². The predicted molar refractivity (Wildman–Crippen MR) is 68.2 cm³/mol. The van der Waals surface area contributed by atoms with E-state index in [0.29, 0.717) is 11.2 Å². The lowest BCUT2D eigenvalue weighted by Crippen LogP contribution is -2.17. The zero-order valence-electron chi connectivity index (χ0n) is 10.6. The number of aromatic nitrogens is 2. The molecule has 0 amide bonds. The lowest BCUT2D eigenvalue weighted by atomic mass is 9.92. The molecule has 0 aliphatic rings. The summed E-state index contributed by atoms with van der Waals surface area (Å²) in [5, 5.41) is 0. The standard InChI is InChI=1S/C12H20N2OS/c1-6-15-8(2)11-13-9(12(3,4)5)7-10(16)14-11/h7-8H,6H2,1-5H3,(H,13,14,16). The van der Waals surface area contributed by atoms with Gasteiger partial charge in [-0.2, -0.15) is 0 Å². The molecule has 1 rings (SSSR count). The van der Waals surface area contributed by atoms with Crippen LogP contribution in [0.1, 0.15) is 52.2 Å². The van der Waals surface area contributed by atoms with E-state index in [4.69, 9.17) is 17.0 Å². The van der Waals surface area contributed by atoms with Gasteiger partial charge in [0.2, 0.25) is 0 Å². The summed E-state index contributed by atoms with van der Waals surface area (Å²) in [5.74, 6) is 0.805. The Labute approximate surface area is 102 Å². The molecule has 1 atom stereocenters. The third-order valence-electron chi connectivity index (χ3n) is 2.37. The number of ether oxygens (including phenoxy) is 1. The first-order chi connectivity index (χ1) is 7.34. The van der Waals surface area contributed by atoms with Crippen LogP contribution in [0.5, 0.6) is 0 Å². The van der Waals surface area contributed by atoms with Gasteiger partial charge < -0.3 is 9.72 Å². The average molecular weight is 240 g/mol. The molecule has 0 saturated carbocycles. The fraction of sp³-hybridized carbons (Fsp3) is 0.667.